The lowest BCUT2D eigenvalue weighted by molar-refractivity contribution is -0.105. The highest BCUT2D eigenvalue weighted by Crippen LogP contribution is 2.33. The Morgan fingerprint density at radius 1 is 1.30 bits per heavy atom. The second kappa shape index (κ2) is 21.6. The molecule has 1 saturated heterocycles. The lowest BCUT2D eigenvalue weighted by atomic mass is 9.83. The molecule has 37 heavy (non-hydrogen) atoms. The summed E-state index contributed by atoms with van der Waals surface area (Å²) in [4.78, 5) is 14.0. The quantitative estimate of drug-likeness (QED) is 0.205. The topological polar surface area (TPSA) is 87.6 Å². The molecule has 3 rings (SSSR count). The van der Waals surface area contributed by atoms with Crippen molar-refractivity contribution in [2.24, 2.45) is 5.41 Å². The van der Waals surface area contributed by atoms with Crippen LogP contribution in [-0.2, 0) is 20.7 Å². The Morgan fingerprint density at radius 3 is 2.27 bits per heavy atom. The van der Waals surface area contributed by atoms with Gasteiger partial charge in [-0.15, -0.1) is 0 Å². The number of carbonyl (C=O) groups is 1. The molecule has 0 bridgehead atoms. The van der Waals surface area contributed by atoms with Gasteiger partial charge in [-0.05, 0) is 55.7 Å². The number of anilines is 1. The fourth-order valence-electron chi connectivity index (χ4n) is 2.65. The second-order valence-electron chi connectivity index (χ2n) is 8.10. The number of pyridine rings is 1. The lowest BCUT2D eigenvalue weighted by Gasteiger charge is -2.22. The molecule has 1 aliphatic heterocycles. The molecule has 2 heterocycles. The predicted molar refractivity (Wildman–Crippen MR) is 150 cm³/mol. The SMILES string of the molecule is CC.CCC(=N)C(C)(C)C1CO1.CCc1cc(NC=O)ccc1F.COCCF.Cc1ccc(Cl)cn1. The second-order valence-corrected chi connectivity index (χ2v) is 8.53. The van der Waals surface area contributed by atoms with Crippen LogP contribution in [-0.4, -0.2) is 50.2 Å². The molecule has 1 unspecified atom stereocenters. The van der Waals surface area contributed by atoms with Gasteiger partial charge in [0.05, 0.1) is 24.3 Å². The van der Waals surface area contributed by atoms with E-state index in [-0.39, 0.29) is 24.5 Å². The van der Waals surface area contributed by atoms with Gasteiger partial charge < -0.3 is 20.2 Å². The van der Waals surface area contributed by atoms with Crippen LogP contribution in [0.2, 0.25) is 5.02 Å². The minimum absolute atomic E-state index is 0.0191. The molecular weight excluding hydrogens is 500 g/mol. The number of epoxide rings is 1. The first-order valence-electron chi connectivity index (χ1n) is 12.4. The number of methoxy groups -OCH3 is 1. The van der Waals surface area contributed by atoms with Crippen LogP contribution in [0.1, 0.15) is 59.2 Å². The van der Waals surface area contributed by atoms with Gasteiger partial charge in [0.15, 0.2) is 0 Å². The summed E-state index contributed by atoms with van der Waals surface area (Å²) in [6, 6.07) is 8.21. The van der Waals surface area contributed by atoms with Gasteiger partial charge in [0.1, 0.15) is 12.5 Å². The predicted octanol–water partition coefficient (Wildman–Crippen LogP) is 7.47. The summed E-state index contributed by atoms with van der Waals surface area (Å²) < 4.78 is 33.2. The third kappa shape index (κ3) is 16.9. The third-order valence-corrected chi connectivity index (χ3v) is 5.30. The first kappa shape index (κ1) is 36.7. The normalized spacial score (nSPS) is 13.0. The highest BCUT2D eigenvalue weighted by atomic mass is 35.5. The molecule has 0 saturated carbocycles. The molecule has 6 nitrogen and oxygen atoms in total. The molecule has 1 aromatic heterocycles. The standard InChI is InChI=1S/C9H10FNO.C8H15NO.C6H6ClN.C3H7FO.C2H6/c1-2-7-5-8(11-6-12)3-4-9(7)10;1-4-6(9)8(2,3)7-5-10-7;1-5-2-3-6(7)4-8-5;1-5-3-2-4;1-2/h3-6H,2H2,1H3,(H,11,12);7,9H,4-5H2,1-3H3;2-4H,1H3;2-3H2,1H3;1-2H3. The average Bonchev–Trinajstić information content (AvgIpc) is 3.76. The molecule has 2 N–H and O–H groups in total. The van der Waals surface area contributed by atoms with E-state index in [0.29, 0.717) is 35.2 Å². The zero-order valence-corrected chi connectivity index (χ0v) is 24.2. The van der Waals surface area contributed by atoms with Crippen LogP contribution < -0.4 is 5.32 Å². The summed E-state index contributed by atoms with van der Waals surface area (Å²) in [6.07, 6.45) is 4.00. The molecule has 1 atom stereocenters. The van der Waals surface area contributed by atoms with Crippen molar-refractivity contribution in [3.8, 4) is 0 Å². The fourth-order valence-corrected chi connectivity index (χ4v) is 2.76. The lowest BCUT2D eigenvalue weighted by Crippen LogP contribution is -2.28. The summed E-state index contributed by atoms with van der Waals surface area (Å²) in [6.45, 7) is 14.7. The van der Waals surface area contributed by atoms with Crippen LogP contribution in [0.3, 0.4) is 0 Å². The van der Waals surface area contributed by atoms with Crippen molar-refractivity contribution in [2.75, 3.05) is 32.3 Å². The van der Waals surface area contributed by atoms with Gasteiger partial charge in [-0.1, -0.05) is 53.1 Å². The maximum absolute atomic E-state index is 12.9. The average molecular weight is 544 g/mol. The number of hydrogen-bond acceptors (Lipinski definition) is 5. The van der Waals surface area contributed by atoms with Crippen LogP contribution in [0.15, 0.2) is 36.5 Å². The van der Waals surface area contributed by atoms with E-state index in [2.05, 4.69) is 28.9 Å². The van der Waals surface area contributed by atoms with Crippen molar-refractivity contribution in [1.82, 2.24) is 4.98 Å². The monoisotopic (exact) mass is 543 g/mol. The van der Waals surface area contributed by atoms with Crippen molar-refractivity contribution < 1.29 is 23.0 Å². The van der Waals surface area contributed by atoms with E-state index in [0.717, 1.165) is 24.4 Å². The highest BCUT2D eigenvalue weighted by molar-refractivity contribution is 6.30. The Balaban J connectivity index is 0. The molecule has 1 aliphatic rings. The Morgan fingerprint density at radius 2 is 1.92 bits per heavy atom. The van der Waals surface area contributed by atoms with E-state index in [1.807, 2.05) is 46.8 Å². The molecule has 0 spiro atoms. The number of hydrogen-bond donors (Lipinski definition) is 2. The van der Waals surface area contributed by atoms with Crippen molar-refractivity contribution in [3.63, 3.8) is 0 Å². The first-order chi connectivity index (χ1) is 17.6. The maximum Gasteiger partial charge on any atom is 0.211 e. The number of carbonyl (C=O) groups excluding carboxylic acids is 1. The molecule has 0 radical (unpaired) electrons. The molecule has 0 aliphatic carbocycles. The summed E-state index contributed by atoms with van der Waals surface area (Å²) in [5, 5.41) is 10.8. The summed E-state index contributed by atoms with van der Waals surface area (Å²) in [5.41, 5.74) is 3.02. The number of alkyl halides is 1. The number of nitrogens with zero attached hydrogens (tertiary/aromatic N) is 1. The third-order valence-electron chi connectivity index (χ3n) is 5.08. The summed E-state index contributed by atoms with van der Waals surface area (Å²) in [7, 11) is 1.47. The molecule has 2 aromatic rings. The Labute approximate surface area is 226 Å². The number of nitrogens with one attached hydrogen (secondary N) is 2. The number of aromatic nitrogens is 1. The van der Waals surface area contributed by atoms with E-state index in [4.69, 9.17) is 21.7 Å². The fraction of sp³-hybridized carbons (Fsp3) is 0.536. The van der Waals surface area contributed by atoms with E-state index < -0.39 is 0 Å². The largest absolute Gasteiger partial charge is 0.382 e. The van der Waals surface area contributed by atoms with Gasteiger partial charge in [0, 0.05) is 35.8 Å². The van der Waals surface area contributed by atoms with Gasteiger partial charge in [0.25, 0.3) is 0 Å². The van der Waals surface area contributed by atoms with E-state index in [1.165, 1.54) is 19.2 Å². The van der Waals surface area contributed by atoms with Crippen molar-refractivity contribution >= 4 is 29.4 Å². The van der Waals surface area contributed by atoms with E-state index in [1.54, 1.807) is 12.3 Å². The number of rotatable bonds is 8. The smallest absolute Gasteiger partial charge is 0.211 e. The van der Waals surface area contributed by atoms with Crippen molar-refractivity contribution in [1.29, 1.82) is 5.41 Å². The first-order valence-corrected chi connectivity index (χ1v) is 12.8. The van der Waals surface area contributed by atoms with Crippen LogP contribution in [0, 0.1) is 23.6 Å². The Bertz CT molecular complexity index is 854. The number of ether oxygens (including phenoxy) is 2. The molecule has 1 aromatic carbocycles. The highest BCUT2D eigenvalue weighted by Gasteiger charge is 2.41. The minimum Gasteiger partial charge on any atom is -0.382 e. The maximum atomic E-state index is 12.9. The molecule has 1 amide bonds. The van der Waals surface area contributed by atoms with E-state index in [9.17, 15) is 13.6 Å². The molecule has 9 heteroatoms. The zero-order valence-electron chi connectivity index (χ0n) is 23.5. The number of benzene rings is 1. The summed E-state index contributed by atoms with van der Waals surface area (Å²) in [5.74, 6) is -0.228. The van der Waals surface area contributed by atoms with Crippen molar-refractivity contribution in [2.45, 2.75) is 67.4 Å². The van der Waals surface area contributed by atoms with Crippen LogP contribution in [0.25, 0.3) is 0 Å². The number of amides is 1. The minimum atomic E-state index is -0.378. The molecular formula is C28H44ClF2N3O3. The van der Waals surface area contributed by atoms with Gasteiger partial charge in [-0.2, -0.15) is 0 Å². The van der Waals surface area contributed by atoms with E-state index >= 15 is 0 Å². The van der Waals surface area contributed by atoms with Gasteiger partial charge >= 0.3 is 0 Å². The van der Waals surface area contributed by atoms with Gasteiger partial charge in [0.2, 0.25) is 6.41 Å². The van der Waals surface area contributed by atoms with Crippen LogP contribution in [0.5, 0.6) is 0 Å². The van der Waals surface area contributed by atoms with Gasteiger partial charge in [-0.3, -0.25) is 9.78 Å². The summed E-state index contributed by atoms with van der Waals surface area (Å²) >= 11 is 5.55. The Kier molecular flexibility index (Phi) is 21.5. The van der Waals surface area contributed by atoms with Crippen LogP contribution in [0.4, 0.5) is 14.5 Å². The number of halogens is 3. The van der Waals surface area contributed by atoms with Crippen molar-refractivity contribution in [3.05, 3.63) is 58.6 Å². The van der Waals surface area contributed by atoms with Crippen LogP contribution >= 0.6 is 11.6 Å². The van der Waals surface area contributed by atoms with Gasteiger partial charge in [-0.25, -0.2) is 8.78 Å². The number of aryl methyl sites for hydroxylation is 2. The molecule has 210 valence electrons. The zero-order chi connectivity index (χ0) is 28.9. The Hall–Kier alpha value is -2.42. The molecule has 1 fully saturated rings.